The lowest BCUT2D eigenvalue weighted by Crippen LogP contribution is -2.22. The standard InChI is InChI=1S/C21H22FN5O2/c22-14-6-7-16-17(10-14)26-27(12-13-4-2-1-3-5-13)19(16)21(29)25-15-8-9-24-18(11-15)20(23)28/h6-11,13H,1-5,12H2,(H2,23,28)(H,24,25,29). The van der Waals surface area contributed by atoms with Crippen molar-refractivity contribution >= 4 is 28.4 Å². The molecule has 0 unspecified atom stereocenters. The molecule has 8 heteroatoms. The number of nitrogens with two attached hydrogens (primary N) is 1. The summed E-state index contributed by atoms with van der Waals surface area (Å²) < 4.78 is 15.4. The SMILES string of the molecule is NC(=O)c1cc(NC(=O)c2c3ccc(F)cc3nn2CC2CCCCC2)ccn1. The molecule has 0 atom stereocenters. The topological polar surface area (TPSA) is 103 Å². The Morgan fingerprint density at radius 1 is 1.17 bits per heavy atom. The van der Waals surface area contributed by atoms with E-state index in [1.807, 2.05) is 0 Å². The first-order valence-electron chi connectivity index (χ1n) is 9.74. The quantitative estimate of drug-likeness (QED) is 0.690. The van der Waals surface area contributed by atoms with Crippen molar-refractivity contribution in [1.29, 1.82) is 0 Å². The number of benzene rings is 1. The van der Waals surface area contributed by atoms with Crippen LogP contribution >= 0.6 is 0 Å². The van der Waals surface area contributed by atoms with Crippen LogP contribution in [-0.4, -0.2) is 26.6 Å². The molecule has 0 radical (unpaired) electrons. The Labute approximate surface area is 167 Å². The van der Waals surface area contributed by atoms with Gasteiger partial charge in [0.05, 0.1) is 5.52 Å². The summed E-state index contributed by atoms with van der Waals surface area (Å²) in [6.45, 7) is 0.613. The van der Waals surface area contributed by atoms with E-state index < -0.39 is 11.7 Å². The molecule has 2 heterocycles. The van der Waals surface area contributed by atoms with Crippen molar-refractivity contribution in [2.24, 2.45) is 11.7 Å². The first-order valence-corrected chi connectivity index (χ1v) is 9.74. The molecular formula is C21H22FN5O2. The molecule has 0 bridgehead atoms. The van der Waals surface area contributed by atoms with Gasteiger partial charge in [-0.05, 0) is 43.0 Å². The summed E-state index contributed by atoms with van der Waals surface area (Å²) in [5, 5.41) is 7.88. The largest absolute Gasteiger partial charge is 0.364 e. The molecular weight excluding hydrogens is 373 g/mol. The molecule has 1 saturated carbocycles. The monoisotopic (exact) mass is 395 g/mol. The van der Waals surface area contributed by atoms with Crippen LogP contribution in [-0.2, 0) is 6.54 Å². The van der Waals surface area contributed by atoms with E-state index in [0.717, 1.165) is 12.8 Å². The summed E-state index contributed by atoms with van der Waals surface area (Å²) in [4.78, 5) is 28.3. The number of nitrogens with zero attached hydrogens (tertiary/aromatic N) is 3. The Morgan fingerprint density at radius 2 is 1.97 bits per heavy atom. The smallest absolute Gasteiger partial charge is 0.274 e. The number of primary amides is 1. The maximum atomic E-state index is 13.7. The number of halogens is 1. The van der Waals surface area contributed by atoms with Gasteiger partial charge >= 0.3 is 0 Å². The van der Waals surface area contributed by atoms with Gasteiger partial charge in [-0.3, -0.25) is 19.3 Å². The molecule has 3 N–H and O–H groups in total. The molecule has 1 aliphatic carbocycles. The highest BCUT2D eigenvalue weighted by Gasteiger charge is 2.23. The molecule has 0 spiro atoms. The van der Waals surface area contributed by atoms with E-state index in [2.05, 4.69) is 15.4 Å². The summed E-state index contributed by atoms with van der Waals surface area (Å²) in [7, 11) is 0. The number of carbonyl (C=O) groups is 2. The Balaban J connectivity index is 1.68. The van der Waals surface area contributed by atoms with E-state index in [4.69, 9.17) is 5.73 Å². The van der Waals surface area contributed by atoms with Crippen molar-refractivity contribution in [3.8, 4) is 0 Å². The number of carbonyl (C=O) groups excluding carboxylic acids is 2. The minimum atomic E-state index is -0.677. The lowest BCUT2D eigenvalue weighted by atomic mass is 9.89. The second-order valence-corrected chi connectivity index (χ2v) is 7.44. The average Bonchev–Trinajstić information content (AvgIpc) is 3.05. The first kappa shape index (κ1) is 19.0. The zero-order valence-electron chi connectivity index (χ0n) is 15.9. The molecule has 3 aromatic rings. The summed E-state index contributed by atoms with van der Waals surface area (Å²) in [6.07, 6.45) is 7.18. The summed E-state index contributed by atoms with van der Waals surface area (Å²) in [6, 6.07) is 7.23. The summed E-state index contributed by atoms with van der Waals surface area (Å²) >= 11 is 0. The third-order valence-corrected chi connectivity index (χ3v) is 5.34. The highest BCUT2D eigenvalue weighted by atomic mass is 19.1. The molecule has 1 aromatic carbocycles. The van der Waals surface area contributed by atoms with Gasteiger partial charge in [0.25, 0.3) is 11.8 Å². The number of amides is 2. The van der Waals surface area contributed by atoms with E-state index in [9.17, 15) is 14.0 Å². The van der Waals surface area contributed by atoms with Gasteiger partial charge in [-0.25, -0.2) is 4.39 Å². The molecule has 1 aliphatic rings. The Hall–Kier alpha value is -3.29. The van der Waals surface area contributed by atoms with Crippen molar-refractivity contribution in [1.82, 2.24) is 14.8 Å². The minimum Gasteiger partial charge on any atom is -0.364 e. The predicted molar refractivity (Wildman–Crippen MR) is 107 cm³/mol. The van der Waals surface area contributed by atoms with Crippen LogP contribution in [0.25, 0.3) is 10.9 Å². The molecule has 7 nitrogen and oxygen atoms in total. The molecule has 150 valence electrons. The lowest BCUT2D eigenvalue weighted by Gasteiger charge is -2.22. The average molecular weight is 395 g/mol. The van der Waals surface area contributed by atoms with Crippen molar-refractivity contribution < 1.29 is 14.0 Å². The van der Waals surface area contributed by atoms with Gasteiger partial charge in [0, 0.05) is 29.9 Å². The fourth-order valence-electron chi connectivity index (χ4n) is 3.93. The maximum absolute atomic E-state index is 13.7. The molecule has 2 aromatic heterocycles. The molecule has 0 aliphatic heterocycles. The zero-order valence-corrected chi connectivity index (χ0v) is 15.9. The Kier molecular flexibility index (Phi) is 5.24. The first-order chi connectivity index (χ1) is 14.0. The number of hydrogen-bond donors (Lipinski definition) is 2. The second kappa shape index (κ2) is 7.98. The van der Waals surface area contributed by atoms with Crippen LogP contribution in [0.2, 0.25) is 0 Å². The van der Waals surface area contributed by atoms with Crippen LogP contribution in [0.1, 0.15) is 53.1 Å². The van der Waals surface area contributed by atoms with Crippen LogP contribution in [0.5, 0.6) is 0 Å². The zero-order chi connectivity index (χ0) is 20.4. The Bertz CT molecular complexity index is 1070. The van der Waals surface area contributed by atoms with Crippen LogP contribution in [0, 0.1) is 11.7 Å². The Morgan fingerprint density at radius 3 is 2.72 bits per heavy atom. The van der Waals surface area contributed by atoms with E-state index in [0.29, 0.717) is 34.7 Å². The number of pyridine rings is 1. The summed E-state index contributed by atoms with van der Waals surface area (Å²) in [5.41, 5.74) is 6.54. The van der Waals surface area contributed by atoms with E-state index in [-0.39, 0.29) is 11.6 Å². The van der Waals surface area contributed by atoms with Gasteiger partial charge < -0.3 is 11.1 Å². The van der Waals surface area contributed by atoms with E-state index in [1.165, 1.54) is 43.7 Å². The predicted octanol–water partition coefficient (Wildman–Crippen LogP) is 3.50. The second-order valence-electron chi connectivity index (χ2n) is 7.44. The third kappa shape index (κ3) is 4.11. The molecule has 2 amide bonds. The van der Waals surface area contributed by atoms with Gasteiger partial charge in [0.2, 0.25) is 0 Å². The number of nitrogens with one attached hydrogen (secondary N) is 1. The van der Waals surface area contributed by atoms with Gasteiger partial charge in [-0.2, -0.15) is 5.10 Å². The third-order valence-electron chi connectivity index (χ3n) is 5.34. The lowest BCUT2D eigenvalue weighted by molar-refractivity contribution is 0.0990. The molecule has 0 saturated heterocycles. The number of hydrogen-bond acceptors (Lipinski definition) is 4. The van der Waals surface area contributed by atoms with Crippen LogP contribution in [0.4, 0.5) is 10.1 Å². The van der Waals surface area contributed by atoms with E-state index in [1.54, 1.807) is 16.8 Å². The van der Waals surface area contributed by atoms with Crippen LogP contribution in [0.3, 0.4) is 0 Å². The van der Waals surface area contributed by atoms with Crippen LogP contribution < -0.4 is 11.1 Å². The minimum absolute atomic E-state index is 0.0606. The van der Waals surface area contributed by atoms with Gasteiger partial charge in [-0.1, -0.05) is 19.3 Å². The van der Waals surface area contributed by atoms with Gasteiger partial charge in [0.15, 0.2) is 0 Å². The molecule has 1 fully saturated rings. The highest BCUT2D eigenvalue weighted by molar-refractivity contribution is 6.11. The van der Waals surface area contributed by atoms with Crippen LogP contribution in [0.15, 0.2) is 36.5 Å². The van der Waals surface area contributed by atoms with Crippen molar-refractivity contribution in [3.05, 3.63) is 53.7 Å². The van der Waals surface area contributed by atoms with Crippen molar-refractivity contribution in [2.45, 2.75) is 38.6 Å². The van der Waals surface area contributed by atoms with Crippen molar-refractivity contribution in [3.63, 3.8) is 0 Å². The molecule has 4 rings (SSSR count). The van der Waals surface area contributed by atoms with E-state index >= 15 is 0 Å². The number of anilines is 1. The maximum Gasteiger partial charge on any atom is 0.274 e. The van der Waals surface area contributed by atoms with Gasteiger partial charge in [-0.15, -0.1) is 0 Å². The van der Waals surface area contributed by atoms with Gasteiger partial charge in [0.1, 0.15) is 17.2 Å². The molecule has 29 heavy (non-hydrogen) atoms. The normalized spacial score (nSPS) is 14.8. The highest BCUT2D eigenvalue weighted by Crippen LogP contribution is 2.28. The van der Waals surface area contributed by atoms with Crippen molar-refractivity contribution in [2.75, 3.05) is 5.32 Å². The summed E-state index contributed by atoms with van der Waals surface area (Å²) in [5.74, 6) is -1.01. The number of aromatic nitrogens is 3. The number of rotatable bonds is 5. The fraction of sp³-hybridized carbons (Fsp3) is 0.333. The number of fused-ring (bicyclic) bond motifs is 1. The fourth-order valence-corrected chi connectivity index (χ4v) is 3.93.